The molecule has 0 atom stereocenters. The van der Waals surface area contributed by atoms with E-state index in [-0.39, 0.29) is 12.5 Å². The molecule has 0 fully saturated rings. The highest BCUT2D eigenvalue weighted by Gasteiger charge is 2.10. The van der Waals surface area contributed by atoms with E-state index in [0.29, 0.717) is 65.7 Å². The van der Waals surface area contributed by atoms with Gasteiger partial charge in [-0.05, 0) is 26.3 Å². The zero-order valence-electron chi connectivity index (χ0n) is 14.5. The van der Waals surface area contributed by atoms with Crippen molar-refractivity contribution in [3.63, 3.8) is 0 Å². The smallest absolute Gasteiger partial charge is 0.222 e. The lowest BCUT2D eigenvalue weighted by atomic mass is 10.2. The van der Waals surface area contributed by atoms with Crippen molar-refractivity contribution in [1.29, 1.82) is 0 Å². The number of carbonyl (C=O) groups excluding carboxylic acids is 1. The Morgan fingerprint density at radius 2 is 1.57 bits per heavy atom. The van der Waals surface area contributed by atoms with Crippen LogP contribution in [0.5, 0.6) is 0 Å². The average molecular weight is 334 g/mol. The number of rotatable bonds is 17. The Labute approximate surface area is 140 Å². The zero-order chi connectivity index (χ0) is 17.2. The number of hydrogen-bond acceptors (Lipinski definition) is 6. The number of hydrogen-bond donors (Lipinski definition) is 2. The van der Waals surface area contributed by atoms with Gasteiger partial charge in [0.1, 0.15) is 0 Å². The normalized spacial score (nSPS) is 10.9. The second-order valence-electron chi connectivity index (χ2n) is 5.13. The first-order valence-electron chi connectivity index (χ1n) is 8.58. The van der Waals surface area contributed by atoms with E-state index < -0.39 is 0 Å². The number of carbonyl (C=O) groups is 1. The molecule has 7 heteroatoms. The number of nitrogens with two attached hydrogens (primary N) is 1. The highest BCUT2D eigenvalue weighted by atomic mass is 16.5. The Balaban J connectivity index is 3.47. The molecule has 0 saturated heterocycles. The molecule has 0 aromatic rings. The summed E-state index contributed by atoms with van der Waals surface area (Å²) in [7, 11) is 0. The van der Waals surface area contributed by atoms with Crippen molar-refractivity contribution in [1.82, 2.24) is 4.90 Å². The van der Waals surface area contributed by atoms with Crippen LogP contribution in [0.3, 0.4) is 0 Å². The number of nitrogens with zero attached hydrogens (tertiary/aromatic N) is 1. The van der Waals surface area contributed by atoms with Crippen LogP contribution in [0, 0.1) is 0 Å². The lowest BCUT2D eigenvalue weighted by Crippen LogP contribution is -2.33. The summed E-state index contributed by atoms with van der Waals surface area (Å²) in [5.74, 6) is 0.186. The third-order valence-electron chi connectivity index (χ3n) is 3.31. The minimum atomic E-state index is 0.0305. The number of unbranched alkanes of at least 4 members (excludes halogenated alkanes) is 2. The van der Waals surface area contributed by atoms with Gasteiger partial charge in [-0.1, -0.05) is 6.42 Å². The van der Waals surface area contributed by atoms with Crippen LogP contribution >= 0.6 is 0 Å². The SMILES string of the molecule is CCN(CCOCCOCCOCCO)C(=O)CCCCCN. The number of amides is 1. The quantitative estimate of drug-likeness (QED) is 0.374. The molecule has 0 spiro atoms. The Bertz CT molecular complexity index is 267. The number of ether oxygens (including phenoxy) is 3. The van der Waals surface area contributed by atoms with E-state index in [1.807, 2.05) is 11.8 Å². The maximum atomic E-state index is 12.0. The van der Waals surface area contributed by atoms with Crippen LogP contribution < -0.4 is 5.73 Å². The summed E-state index contributed by atoms with van der Waals surface area (Å²) in [5.41, 5.74) is 5.44. The first-order valence-corrected chi connectivity index (χ1v) is 8.58. The Kier molecular flexibility index (Phi) is 17.1. The van der Waals surface area contributed by atoms with Crippen LogP contribution in [-0.4, -0.2) is 81.8 Å². The van der Waals surface area contributed by atoms with E-state index in [4.69, 9.17) is 25.1 Å². The third kappa shape index (κ3) is 14.6. The maximum Gasteiger partial charge on any atom is 0.222 e. The molecule has 0 aliphatic carbocycles. The van der Waals surface area contributed by atoms with Crippen molar-refractivity contribution in [3.05, 3.63) is 0 Å². The standard InChI is InChI=1S/C16H34N2O5/c1-2-18(16(20)6-4-3-5-7-17)8-10-21-12-14-23-15-13-22-11-9-19/h19H,2-15,17H2,1H3. The first-order chi connectivity index (χ1) is 11.3. The summed E-state index contributed by atoms with van der Waals surface area (Å²) in [4.78, 5) is 13.8. The molecule has 0 heterocycles. The highest BCUT2D eigenvalue weighted by molar-refractivity contribution is 5.76. The van der Waals surface area contributed by atoms with Gasteiger partial charge in [0.2, 0.25) is 5.91 Å². The van der Waals surface area contributed by atoms with Crippen molar-refractivity contribution in [2.24, 2.45) is 5.73 Å². The van der Waals surface area contributed by atoms with Gasteiger partial charge in [0.05, 0.1) is 46.2 Å². The molecule has 23 heavy (non-hydrogen) atoms. The van der Waals surface area contributed by atoms with E-state index in [0.717, 1.165) is 19.3 Å². The zero-order valence-corrected chi connectivity index (χ0v) is 14.5. The molecular formula is C16H34N2O5. The molecule has 0 unspecified atom stereocenters. The molecule has 0 aromatic carbocycles. The lowest BCUT2D eigenvalue weighted by molar-refractivity contribution is -0.132. The van der Waals surface area contributed by atoms with Crippen LogP contribution in [0.2, 0.25) is 0 Å². The van der Waals surface area contributed by atoms with Crippen molar-refractivity contribution in [2.45, 2.75) is 32.6 Å². The predicted octanol–water partition coefficient (Wildman–Crippen LogP) is 0.396. The summed E-state index contributed by atoms with van der Waals surface area (Å²) in [5, 5.41) is 8.52. The molecule has 0 radical (unpaired) electrons. The van der Waals surface area contributed by atoms with Crippen molar-refractivity contribution in [2.75, 3.05) is 65.9 Å². The summed E-state index contributed by atoms with van der Waals surface area (Å²) in [6.07, 6.45) is 3.48. The topological polar surface area (TPSA) is 94.2 Å². The van der Waals surface area contributed by atoms with Gasteiger partial charge in [0.25, 0.3) is 0 Å². The van der Waals surface area contributed by atoms with Crippen LogP contribution in [-0.2, 0) is 19.0 Å². The minimum absolute atomic E-state index is 0.0305. The number of aliphatic hydroxyl groups excluding tert-OH is 1. The fourth-order valence-corrected chi connectivity index (χ4v) is 2.00. The van der Waals surface area contributed by atoms with E-state index >= 15 is 0 Å². The second-order valence-corrected chi connectivity index (χ2v) is 5.13. The van der Waals surface area contributed by atoms with E-state index in [9.17, 15) is 4.79 Å². The van der Waals surface area contributed by atoms with Crippen LogP contribution in [0.4, 0.5) is 0 Å². The Morgan fingerprint density at radius 3 is 2.13 bits per heavy atom. The van der Waals surface area contributed by atoms with Crippen LogP contribution in [0.15, 0.2) is 0 Å². The van der Waals surface area contributed by atoms with Gasteiger partial charge in [-0.25, -0.2) is 0 Å². The molecule has 138 valence electrons. The molecule has 0 bridgehead atoms. The fourth-order valence-electron chi connectivity index (χ4n) is 2.00. The molecule has 7 nitrogen and oxygen atoms in total. The van der Waals surface area contributed by atoms with E-state index in [2.05, 4.69) is 0 Å². The third-order valence-corrected chi connectivity index (χ3v) is 3.31. The number of aliphatic hydroxyl groups is 1. The fraction of sp³-hybridized carbons (Fsp3) is 0.938. The van der Waals surface area contributed by atoms with Crippen molar-refractivity contribution < 1.29 is 24.1 Å². The first kappa shape index (κ1) is 22.3. The van der Waals surface area contributed by atoms with Gasteiger partial charge >= 0.3 is 0 Å². The van der Waals surface area contributed by atoms with Gasteiger partial charge in [-0.3, -0.25) is 4.79 Å². The number of likely N-dealkylation sites (N-methyl/N-ethyl adjacent to an activating group) is 1. The largest absolute Gasteiger partial charge is 0.394 e. The summed E-state index contributed by atoms with van der Waals surface area (Å²) in [6, 6.07) is 0. The van der Waals surface area contributed by atoms with Crippen LogP contribution in [0.1, 0.15) is 32.6 Å². The summed E-state index contributed by atoms with van der Waals surface area (Å²) < 4.78 is 15.8. The Hall–Kier alpha value is -0.730. The van der Waals surface area contributed by atoms with Crippen LogP contribution in [0.25, 0.3) is 0 Å². The van der Waals surface area contributed by atoms with Crippen molar-refractivity contribution in [3.8, 4) is 0 Å². The van der Waals surface area contributed by atoms with E-state index in [1.54, 1.807) is 0 Å². The molecule has 0 rings (SSSR count). The maximum absolute atomic E-state index is 12.0. The predicted molar refractivity (Wildman–Crippen MR) is 89.3 cm³/mol. The summed E-state index contributed by atoms with van der Waals surface area (Å²) >= 11 is 0. The molecule has 3 N–H and O–H groups in total. The minimum Gasteiger partial charge on any atom is -0.394 e. The lowest BCUT2D eigenvalue weighted by Gasteiger charge is -2.20. The molecule has 0 saturated carbocycles. The van der Waals surface area contributed by atoms with Gasteiger partial charge in [0, 0.05) is 19.5 Å². The summed E-state index contributed by atoms with van der Waals surface area (Å²) in [6.45, 7) is 6.85. The highest BCUT2D eigenvalue weighted by Crippen LogP contribution is 2.03. The van der Waals surface area contributed by atoms with Gasteiger partial charge in [-0.2, -0.15) is 0 Å². The molecule has 0 aliphatic rings. The van der Waals surface area contributed by atoms with Crippen molar-refractivity contribution >= 4 is 5.91 Å². The molecule has 0 aromatic heterocycles. The second kappa shape index (κ2) is 17.6. The van der Waals surface area contributed by atoms with E-state index in [1.165, 1.54) is 0 Å². The van der Waals surface area contributed by atoms with Gasteiger partial charge in [0.15, 0.2) is 0 Å². The average Bonchev–Trinajstić information content (AvgIpc) is 2.56. The Morgan fingerprint density at radius 1 is 0.957 bits per heavy atom. The molecule has 1 amide bonds. The molecule has 0 aliphatic heterocycles. The monoisotopic (exact) mass is 334 g/mol. The molecular weight excluding hydrogens is 300 g/mol. The van der Waals surface area contributed by atoms with Gasteiger partial charge in [-0.15, -0.1) is 0 Å². The van der Waals surface area contributed by atoms with Gasteiger partial charge < -0.3 is 30.0 Å².